The van der Waals surface area contributed by atoms with Gasteiger partial charge in [0.25, 0.3) is 13.0 Å². The number of ether oxygens (including phenoxy) is 2. The van der Waals surface area contributed by atoms with E-state index in [4.69, 9.17) is 46.6 Å². The number of nitrogen functional groups attached to an aromatic ring is 2. The molecule has 3 aliphatic heterocycles. The van der Waals surface area contributed by atoms with Crippen LogP contribution in [-0.2, 0) is 52.0 Å². The highest BCUT2D eigenvalue weighted by molar-refractivity contribution is 8.54. The molecule has 4 aromatic heterocycles. The van der Waals surface area contributed by atoms with Gasteiger partial charge in [-0.2, -0.15) is 4.98 Å². The molecule has 346 valence electrons. The number of anilines is 3. The van der Waals surface area contributed by atoms with Crippen molar-refractivity contribution in [2.45, 2.75) is 94.0 Å². The average molecular weight is 962 g/mol. The first-order valence-electron chi connectivity index (χ1n) is 20.4. The largest absolute Gasteiger partial charge is 0.389 e. The first-order chi connectivity index (χ1) is 31.1. The number of rotatable bonds is 13. The van der Waals surface area contributed by atoms with Crippen LogP contribution in [0.4, 0.5) is 26.2 Å². The standard InChI is InChI=1S/C37H44BF2N11O11P2S/c1-2-3-4-5-6-24(52)43-13-25(53)47-20-9-7-19(8-10-20)16-65-64(56)58-15-23-29(26(39)35(59-23)50-12-11-21-32(50)48-37(42)49-34(21)54)61-63(38,55)57-14-22-30(62-64)27(40)36(60-22)51-18-46-28-31(41)44-17-45-33(28)51/h7-12,17-18,22-23,26-27,29-30,35-36H,2-6,13-16H2,1H3,(H,43,52)(H,47,53)(H2,41,44,45)(H3,42,48,49,54)/t22-,23-,26-,27-,29-,30-,35-,36-,63+,64-/m1/s1. The Hall–Kier alpha value is -4.78. The summed E-state index contributed by atoms with van der Waals surface area (Å²) in [5.74, 6) is -0.972. The summed E-state index contributed by atoms with van der Waals surface area (Å²) in [5, 5.41) is 5.37. The Morgan fingerprint density at radius 1 is 0.923 bits per heavy atom. The number of hydrogen-bond donors (Lipinski definition) is 5. The lowest BCUT2D eigenvalue weighted by Gasteiger charge is -2.30. The molecule has 2 radical (unpaired) electrons. The minimum atomic E-state index is -4.73. The number of imidazole rings is 1. The lowest BCUT2D eigenvalue weighted by atomic mass is 10.1. The van der Waals surface area contributed by atoms with Gasteiger partial charge in [0, 0.05) is 24.1 Å². The van der Waals surface area contributed by atoms with Crippen molar-refractivity contribution in [1.82, 2.24) is 39.4 Å². The van der Waals surface area contributed by atoms with E-state index in [0.29, 0.717) is 29.1 Å². The van der Waals surface area contributed by atoms with Crippen LogP contribution >= 0.6 is 25.7 Å². The third kappa shape index (κ3) is 10.5. The SMILES string of the molecule is [B][P@]1(=O)OC[C@H]2O[C@@H](n3cnc4c(N)ncnc43)[C@H](F)[C@@H]2O[P@](=O)(SCc2ccc(NC(=O)CNC(=O)CCCCCC)cc2)OC[C@H]2O[C@@H](n3ccc4c(=O)[nH]c(N)nc43)[C@H](F)[C@@H]2O1. The Morgan fingerprint density at radius 3 is 2.37 bits per heavy atom. The van der Waals surface area contributed by atoms with E-state index < -0.39 is 88.2 Å². The number of alkyl halides is 2. The minimum Gasteiger partial charge on any atom is -0.382 e. The number of aromatic amines is 1. The highest BCUT2D eigenvalue weighted by atomic mass is 32.7. The topological polar surface area (TPSA) is 294 Å². The number of fused-ring (bicyclic) bond motifs is 4. The van der Waals surface area contributed by atoms with Crippen LogP contribution in [0, 0.1) is 0 Å². The number of nitrogens with zero attached hydrogens (tertiary/aromatic N) is 6. The van der Waals surface area contributed by atoms with E-state index in [0.717, 1.165) is 32.0 Å². The Labute approximate surface area is 373 Å². The number of amides is 2. The number of unbranched alkanes of at least 4 members (excludes halogenated alkanes) is 3. The van der Waals surface area contributed by atoms with E-state index in [1.54, 1.807) is 24.3 Å². The summed E-state index contributed by atoms with van der Waals surface area (Å²) >= 11 is 0.657. The summed E-state index contributed by atoms with van der Waals surface area (Å²) < 4.78 is 99.6. The lowest BCUT2D eigenvalue weighted by Crippen LogP contribution is -2.37. The number of aromatic nitrogens is 7. The van der Waals surface area contributed by atoms with E-state index in [-0.39, 0.29) is 52.2 Å². The maximum atomic E-state index is 16.8. The first-order valence-corrected chi connectivity index (χ1v) is 25.2. The summed E-state index contributed by atoms with van der Waals surface area (Å²) in [6.45, 7) is -4.24. The second-order valence-electron chi connectivity index (χ2n) is 15.3. The monoisotopic (exact) mass is 961 g/mol. The maximum absolute atomic E-state index is 16.8. The first kappa shape index (κ1) is 46.7. The van der Waals surface area contributed by atoms with E-state index in [1.807, 2.05) is 0 Å². The number of carbonyl (C=O) groups is 2. The summed E-state index contributed by atoms with van der Waals surface area (Å²) in [4.78, 5) is 55.9. The molecule has 0 bridgehead atoms. The predicted molar refractivity (Wildman–Crippen MR) is 233 cm³/mol. The van der Waals surface area contributed by atoms with Crippen molar-refractivity contribution >= 4 is 84.7 Å². The van der Waals surface area contributed by atoms with Gasteiger partial charge in [0.2, 0.25) is 25.3 Å². The third-order valence-electron chi connectivity index (χ3n) is 10.7. The second kappa shape index (κ2) is 19.6. The third-order valence-corrected chi connectivity index (χ3v) is 15.4. The Kier molecular flexibility index (Phi) is 14.1. The molecule has 3 fully saturated rings. The zero-order valence-corrected chi connectivity index (χ0v) is 37.2. The summed E-state index contributed by atoms with van der Waals surface area (Å²) in [5.41, 5.74) is 12.3. The number of benzene rings is 1. The highest BCUT2D eigenvalue weighted by Crippen LogP contribution is 2.65. The Morgan fingerprint density at radius 2 is 1.63 bits per heavy atom. The molecule has 65 heavy (non-hydrogen) atoms. The fraction of sp³-hybridized carbons (Fsp3) is 0.486. The van der Waals surface area contributed by atoms with Gasteiger partial charge in [-0.25, -0.2) is 28.3 Å². The van der Waals surface area contributed by atoms with Crippen molar-refractivity contribution in [2.75, 3.05) is 36.5 Å². The lowest BCUT2D eigenvalue weighted by molar-refractivity contribution is -0.124. The molecule has 5 aromatic rings. The van der Waals surface area contributed by atoms with Gasteiger partial charge in [0.05, 0.1) is 31.5 Å². The van der Waals surface area contributed by atoms with Crippen LogP contribution in [0.1, 0.15) is 57.0 Å². The molecule has 3 saturated heterocycles. The van der Waals surface area contributed by atoms with Gasteiger partial charge in [0.15, 0.2) is 41.9 Å². The molecule has 7 heterocycles. The van der Waals surface area contributed by atoms with Gasteiger partial charge in [-0.3, -0.25) is 37.5 Å². The van der Waals surface area contributed by atoms with E-state index in [2.05, 4.69) is 42.5 Å². The Balaban J connectivity index is 1.03. The molecule has 2 amide bonds. The number of halogens is 2. The molecule has 7 N–H and O–H groups in total. The minimum absolute atomic E-state index is 0.0105. The number of hydrogen-bond acceptors (Lipinski definition) is 18. The maximum Gasteiger partial charge on any atom is 0.389 e. The molecule has 28 heteroatoms. The zero-order chi connectivity index (χ0) is 46.0. The molecule has 0 unspecified atom stereocenters. The summed E-state index contributed by atoms with van der Waals surface area (Å²) in [6.07, 6.45) is -6.23. The molecule has 0 saturated carbocycles. The number of nitrogens with two attached hydrogens (primary N) is 2. The number of H-pyrrole nitrogens is 1. The number of nitrogens with one attached hydrogen (secondary N) is 3. The molecular weight excluding hydrogens is 917 g/mol. The smallest absolute Gasteiger partial charge is 0.382 e. The van der Waals surface area contributed by atoms with Crippen LogP contribution < -0.4 is 27.7 Å². The van der Waals surface area contributed by atoms with Crippen LogP contribution in [0.3, 0.4) is 0 Å². The average Bonchev–Trinajstić information content (AvgIpc) is 4.04. The van der Waals surface area contributed by atoms with Crippen molar-refractivity contribution in [1.29, 1.82) is 0 Å². The van der Waals surface area contributed by atoms with E-state index in [1.165, 1.54) is 27.7 Å². The van der Waals surface area contributed by atoms with Crippen molar-refractivity contribution in [3.8, 4) is 0 Å². The van der Waals surface area contributed by atoms with Crippen LogP contribution in [-0.4, -0.2) is 110 Å². The van der Waals surface area contributed by atoms with Crippen molar-refractivity contribution in [3.63, 3.8) is 0 Å². The fourth-order valence-electron chi connectivity index (χ4n) is 7.49. The van der Waals surface area contributed by atoms with Crippen molar-refractivity contribution < 1.29 is 55.1 Å². The van der Waals surface area contributed by atoms with E-state index in [9.17, 15) is 23.5 Å². The molecular formula is C37H44BF2N11O11P2S. The van der Waals surface area contributed by atoms with Gasteiger partial charge in [-0.1, -0.05) is 38.3 Å². The molecule has 8 rings (SSSR count). The summed E-state index contributed by atoms with van der Waals surface area (Å²) in [6, 6.07) is 7.81. The molecule has 10 atom stereocenters. The Bertz CT molecular complexity index is 2700. The molecule has 0 spiro atoms. The van der Waals surface area contributed by atoms with Crippen LogP contribution in [0.2, 0.25) is 0 Å². The normalized spacial score (nSPS) is 29.5. The van der Waals surface area contributed by atoms with Crippen LogP contribution in [0.15, 0.2) is 54.0 Å². The zero-order valence-electron chi connectivity index (χ0n) is 34.6. The van der Waals surface area contributed by atoms with E-state index >= 15 is 8.78 Å². The van der Waals surface area contributed by atoms with Crippen LogP contribution in [0.25, 0.3) is 22.2 Å². The molecule has 1 aromatic carbocycles. The van der Waals surface area contributed by atoms with Gasteiger partial charge in [0.1, 0.15) is 36.3 Å². The quantitative estimate of drug-likeness (QED) is 0.0622. The highest BCUT2D eigenvalue weighted by Gasteiger charge is 2.54. The van der Waals surface area contributed by atoms with Crippen LogP contribution in [0.5, 0.6) is 0 Å². The van der Waals surface area contributed by atoms with Gasteiger partial charge >= 0.3 is 6.80 Å². The predicted octanol–water partition coefficient (Wildman–Crippen LogP) is 4.36. The van der Waals surface area contributed by atoms with Gasteiger partial charge in [-0.15, -0.1) is 0 Å². The van der Waals surface area contributed by atoms with Crippen molar-refractivity contribution in [3.05, 3.63) is 65.1 Å². The molecule has 3 aliphatic rings. The van der Waals surface area contributed by atoms with Gasteiger partial charge in [-0.05, 0) is 41.6 Å². The number of carbonyl (C=O) groups excluding carboxylic acids is 2. The fourth-order valence-corrected chi connectivity index (χ4v) is 11.9. The summed E-state index contributed by atoms with van der Waals surface area (Å²) in [7, 11) is 1.26. The van der Waals surface area contributed by atoms with Gasteiger partial charge < -0.3 is 45.2 Å². The van der Waals surface area contributed by atoms with Crippen molar-refractivity contribution in [2.24, 2.45) is 0 Å². The molecule has 22 nitrogen and oxygen atoms in total. The second-order valence-corrected chi connectivity index (χ2v) is 20.9. The molecule has 0 aliphatic carbocycles.